The van der Waals surface area contributed by atoms with Crippen LogP contribution in [0.15, 0.2) is 120 Å². The van der Waals surface area contributed by atoms with E-state index in [2.05, 4.69) is 47.2 Å². The number of carboxylic acids is 1. The minimum absolute atomic E-state index is 0.0362. The molecule has 0 aliphatic rings. The monoisotopic (exact) mass is 1150 g/mol. The van der Waals surface area contributed by atoms with Crippen molar-refractivity contribution < 1.29 is 48.3 Å². The van der Waals surface area contributed by atoms with Crippen LogP contribution in [0.5, 0.6) is 0 Å². The molecule has 5 aromatic carbocycles. The van der Waals surface area contributed by atoms with Gasteiger partial charge >= 0.3 is 5.97 Å². The van der Waals surface area contributed by atoms with Gasteiger partial charge in [0.25, 0.3) is 0 Å². The van der Waals surface area contributed by atoms with Crippen molar-refractivity contribution in [1.29, 1.82) is 0 Å². The molecular formula is C61H77N13O10. The van der Waals surface area contributed by atoms with Crippen molar-refractivity contribution in [3.05, 3.63) is 132 Å². The maximum absolute atomic E-state index is 15.1. The van der Waals surface area contributed by atoms with Gasteiger partial charge in [-0.2, -0.15) is 0 Å². The number of guanidine groups is 1. The number of nitrogens with one attached hydrogen (secondary N) is 8. The highest BCUT2D eigenvalue weighted by molar-refractivity contribution is 5.99. The Hall–Kier alpha value is -9.38. The Balaban J connectivity index is 1.36. The van der Waals surface area contributed by atoms with Gasteiger partial charge in [0.15, 0.2) is 5.96 Å². The molecule has 0 unspecified atom stereocenters. The van der Waals surface area contributed by atoms with E-state index < -0.39 is 102 Å². The number of hydrogen-bond acceptors (Lipinski definition) is 11. The third-order valence-electron chi connectivity index (χ3n) is 14.2. The van der Waals surface area contributed by atoms with Gasteiger partial charge in [-0.05, 0) is 89.4 Å². The van der Waals surface area contributed by atoms with E-state index in [0.717, 1.165) is 21.5 Å². The van der Waals surface area contributed by atoms with Crippen LogP contribution in [0.25, 0.3) is 32.4 Å². The van der Waals surface area contributed by atoms with Gasteiger partial charge in [0.2, 0.25) is 47.3 Å². The number of carboxylic acid groups (broad SMARTS) is 1. The second kappa shape index (κ2) is 31.7. The van der Waals surface area contributed by atoms with Gasteiger partial charge in [0.1, 0.15) is 42.3 Å². The molecule has 1 aromatic heterocycles. The van der Waals surface area contributed by atoms with Crippen LogP contribution in [-0.4, -0.2) is 125 Å². The van der Waals surface area contributed by atoms with E-state index in [1.165, 1.54) is 6.92 Å². The number of nitrogens with zero attached hydrogens (tertiary/aromatic N) is 1. The number of rotatable bonds is 33. The summed E-state index contributed by atoms with van der Waals surface area (Å²) in [7, 11) is 0. The van der Waals surface area contributed by atoms with E-state index in [1.807, 2.05) is 91.9 Å². The minimum Gasteiger partial charge on any atom is -0.481 e. The highest BCUT2D eigenvalue weighted by Crippen LogP contribution is 2.22. The molecule has 0 aliphatic carbocycles. The second-order valence-electron chi connectivity index (χ2n) is 20.8. The Kier molecular flexibility index (Phi) is 24.1. The molecule has 446 valence electrons. The smallest absolute Gasteiger partial charge is 0.305 e. The first kappa shape index (κ1) is 63.8. The number of hydrogen-bond donors (Lipinski definition) is 13. The maximum atomic E-state index is 15.1. The summed E-state index contributed by atoms with van der Waals surface area (Å²) in [5.74, 6) is -8.11. The number of carbonyl (C=O) groups excluding carboxylic acids is 8. The van der Waals surface area contributed by atoms with E-state index in [1.54, 1.807) is 30.5 Å². The SMILES string of the molecule is CCCC[C@H](NC(C)=O)C(=O)N[C@@H](CC(=O)O)C(=O)N[C@@H](Cc1c[nH]c2ccccc12)C(=O)N[C@H](Cc1ccc2ccccc2c1)C(=O)N[C@@H](CCCN=C(N)N)C(=O)N[C@@H](Cc1ccc2ccccc2c1)C(=O)N[C@@H](CCCCN)C(N)=O. The summed E-state index contributed by atoms with van der Waals surface area (Å²) in [4.78, 5) is 132. The molecule has 0 saturated carbocycles. The largest absolute Gasteiger partial charge is 0.481 e. The lowest BCUT2D eigenvalue weighted by atomic mass is 9.98. The zero-order valence-corrected chi connectivity index (χ0v) is 47.3. The standard InChI is InChI=1S/C61H77N13O10/c1-3-4-19-47(68-36(2)75)55(79)74-52(34-53(76)77)60(84)73-51(33-43-35-67-45-20-10-9-18-44(43)45)59(83)72-50(32-38-24-26-40-15-6-8-17-42(40)30-38)58(82)70-48(22-13-28-66-61(64)65)56(80)71-49(57(81)69-46(54(63)78)21-11-12-27-62)31-37-23-25-39-14-5-7-16-41(39)29-37/h5-10,14-18,20,23-26,29-30,35,46-52,67H,3-4,11-13,19,21-22,27-28,31-34,62H2,1-2H3,(H2,63,78)(H,68,75)(H,69,81)(H,70,82)(H,71,80)(H,72,83)(H,73,84)(H,74,79)(H,76,77)(H4,64,65,66)/t46-,47-,48-,49-,50+,51-,52-/m0/s1. The van der Waals surface area contributed by atoms with Crippen LogP contribution in [0, 0.1) is 0 Å². The number of aliphatic carboxylic acids is 1. The Morgan fingerprint density at radius 3 is 1.49 bits per heavy atom. The van der Waals surface area contributed by atoms with Gasteiger partial charge < -0.3 is 70.2 Å². The molecule has 0 radical (unpaired) electrons. The molecule has 23 heteroatoms. The van der Waals surface area contributed by atoms with Crippen molar-refractivity contribution in [3.63, 3.8) is 0 Å². The first-order valence-corrected chi connectivity index (χ1v) is 28.2. The van der Waals surface area contributed by atoms with Gasteiger partial charge in [-0.25, -0.2) is 0 Å². The van der Waals surface area contributed by atoms with Crippen molar-refractivity contribution in [3.8, 4) is 0 Å². The molecule has 6 rings (SSSR count). The van der Waals surface area contributed by atoms with E-state index in [4.69, 9.17) is 22.9 Å². The number of fused-ring (bicyclic) bond motifs is 3. The first-order valence-electron chi connectivity index (χ1n) is 28.2. The normalized spacial score (nSPS) is 13.7. The third-order valence-corrected chi connectivity index (χ3v) is 14.2. The number of amides is 8. The lowest BCUT2D eigenvalue weighted by Gasteiger charge is -2.28. The summed E-state index contributed by atoms with van der Waals surface area (Å²) in [6.07, 6.45) is 3.00. The molecule has 0 aliphatic heterocycles. The summed E-state index contributed by atoms with van der Waals surface area (Å²) in [6.45, 7) is 3.49. The molecule has 8 amide bonds. The summed E-state index contributed by atoms with van der Waals surface area (Å²) >= 11 is 0. The van der Waals surface area contributed by atoms with Crippen molar-refractivity contribution in [1.82, 2.24) is 42.2 Å². The Labute approximate surface area is 486 Å². The van der Waals surface area contributed by atoms with Crippen LogP contribution in [-0.2, 0) is 62.4 Å². The van der Waals surface area contributed by atoms with Crippen LogP contribution >= 0.6 is 0 Å². The molecule has 0 fully saturated rings. The lowest BCUT2D eigenvalue weighted by Crippen LogP contribution is -2.61. The maximum Gasteiger partial charge on any atom is 0.305 e. The van der Waals surface area contributed by atoms with E-state index in [0.29, 0.717) is 59.8 Å². The van der Waals surface area contributed by atoms with Crippen LogP contribution in [0.2, 0.25) is 0 Å². The third kappa shape index (κ3) is 19.4. The highest BCUT2D eigenvalue weighted by Gasteiger charge is 2.35. The van der Waals surface area contributed by atoms with Crippen LogP contribution in [0.1, 0.15) is 88.3 Å². The molecule has 23 nitrogen and oxygen atoms in total. The number of H-pyrrole nitrogens is 1. The predicted molar refractivity (Wildman–Crippen MR) is 320 cm³/mol. The minimum atomic E-state index is -1.73. The summed E-state index contributed by atoms with van der Waals surface area (Å²) in [5, 5.41) is 33.0. The number of aromatic nitrogens is 1. The molecule has 0 bridgehead atoms. The molecule has 0 spiro atoms. The number of benzene rings is 5. The van der Waals surface area contributed by atoms with Gasteiger partial charge in [0.05, 0.1) is 6.42 Å². The van der Waals surface area contributed by atoms with Crippen LogP contribution in [0.3, 0.4) is 0 Å². The number of para-hydroxylation sites is 1. The molecule has 1 heterocycles. The van der Waals surface area contributed by atoms with Crippen molar-refractivity contribution >= 4 is 91.6 Å². The Morgan fingerprint density at radius 2 is 0.964 bits per heavy atom. The molecule has 17 N–H and O–H groups in total. The fourth-order valence-electron chi connectivity index (χ4n) is 9.84. The second-order valence-corrected chi connectivity index (χ2v) is 20.8. The van der Waals surface area contributed by atoms with Crippen molar-refractivity contribution in [2.24, 2.45) is 27.9 Å². The molecule has 0 saturated heterocycles. The van der Waals surface area contributed by atoms with E-state index >= 15 is 9.59 Å². The van der Waals surface area contributed by atoms with Gasteiger partial charge in [-0.1, -0.05) is 123 Å². The van der Waals surface area contributed by atoms with Gasteiger partial charge in [0, 0.05) is 49.8 Å². The Morgan fingerprint density at radius 1 is 0.512 bits per heavy atom. The molecule has 84 heavy (non-hydrogen) atoms. The summed E-state index contributed by atoms with van der Waals surface area (Å²) in [5.41, 5.74) is 25.3. The lowest BCUT2D eigenvalue weighted by molar-refractivity contribution is -0.141. The number of aliphatic imine (C=N–C) groups is 1. The van der Waals surface area contributed by atoms with E-state index in [9.17, 15) is 38.7 Å². The molecular weight excluding hydrogens is 1070 g/mol. The molecule has 6 aromatic rings. The zero-order valence-electron chi connectivity index (χ0n) is 47.3. The number of carbonyl (C=O) groups is 9. The molecule has 7 atom stereocenters. The summed E-state index contributed by atoms with van der Waals surface area (Å²) < 4.78 is 0. The average molecular weight is 1150 g/mol. The van der Waals surface area contributed by atoms with Crippen molar-refractivity contribution in [2.75, 3.05) is 13.1 Å². The quantitative estimate of drug-likeness (QED) is 0.0160. The van der Waals surface area contributed by atoms with Crippen molar-refractivity contribution in [2.45, 2.75) is 133 Å². The summed E-state index contributed by atoms with van der Waals surface area (Å²) in [6, 6.07) is 23.6. The number of unbranched alkanes of at least 4 members (excludes halogenated alkanes) is 2. The number of aromatic amines is 1. The van der Waals surface area contributed by atoms with Gasteiger partial charge in [-0.15, -0.1) is 0 Å². The predicted octanol–water partition coefficient (Wildman–Crippen LogP) is 2.25. The van der Waals surface area contributed by atoms with Crippen LogP contribution in [0.4, 0.5) is 0 Å². The topological polar surface area (TPSA) is 390 Å². The zero-order chi connectivity index (χ0) is 60.7. The first-order chi connectivity index (χ1) is 40.3. The number of primary amides is 1. The Bertz CT molecular complexity index is 3320. The number of nitrogens with two attached hydrogens (primary N) is 4. The fourth-order valence-corrected chi connectivity index (χ4v) is 9.84. The van der Waals surface area contributed by atoms with Gasteiger partial charge in [-0.3, -0.25) is 48.1 Å². The van der Waals surface area contributed by atoms with E-state index in [-0.39, 0.29) is 57.5 Å². The van der Waals surface area contributed by atoms with Crippen LogP contribution < -0.4 is 60.2 Å². The average Bonchev–Trinajstić information content (AvgIpc) is 4.07. The highest BCUT2D eigenvalue weighted by atomic mass is 16.4. The fraction of sp³-hybridized carbons (Fsp3) is 0.377.